The normalized spacial score (nSPS) is 15.4. The quantitative estimate of drug-likeness (QED) is 0.562. The van der Waals surface area contributed by atoms with Crippen LogP contribution in [0.2, 0.25) is 0 Å². The molecule has 2 heterocycles. The number of likely N-dealkylation sites (tertiary alicyclic amines) is 1. The Morgan fingerprint density at radius 3 is 2.72 bits per heavy atom. The summed E-state index contributed by atoms with van der Waals surface area (Å²) in [6.45, 7) is 2.95. The molecule has 1 saturated heterocycles. The second kappa shape index (κ2) is 9.73. The number of aromatic nitrogens is 2. The number of rotatable bonds is 6. The Balaban J connectivity index is 1.44. The minimum atomic E-state index is -0.431. The lowest BCUT2D eigenvalue weighted by Crippen LogP contribution is -2.34. The zero-order valence-corrected chi connectivity index (χ0v) is 18.2. The van der Waals surface area contributed by atoms with E-state index in [0.717, 1.165) is 24.2 Å². The summed E-state index contributed by atoms with van der Waals surface area (Å²) in [5.41, 5.74) is 1.06. The van der Waals surface area contributed by atoms with Crippen LogP contribution in [0.3, 0.4) is 0 Å². The molecule has 0 saturated carbocycles. The molecule has 3 aromatic rings. The van der Waals surface area contributed by atoms with Gasteiger partial charge in [-0.15, -0.1) is 10.2 Å². The maximum atomic E-state index is 13.0. The van der Waals surface area contributed by atoms with E-state index in [2.05, 4.69) is 20.8 Å². The molecular formula is C22H22FN5O3S. The second-order valence-electron chi connectivity index (χ2n) is 7.12. The van der Waals surface area contributed by atoms with E-state index in [1.54, 1.807) is 17.0 Å². The molecule has 32 heavy (non-hydrogen) atoms. The fourth-order valence-electron chi connectivity index (χ4n) is 3.48. The number of carbonyl (C=O) groups excluding carboxylic acids is 2. The van der Waals surface area contributed by atoms with Crippen molar-refractivity contribution in [3.05, 3.63) is 64.4 Å². The van der Waals surface area contributed by atoms with E-state index in [9.17, 15) is 14.0 Å². The third kappa shape index (κ3) is 4.86. The fourth-order valence-corrected chi connectivity index (χ4v) is 4.37. The van der Waals surface area contributed by atoms with Gasteiger partial charge in [0, 0.05) is 12.2 Å². The maximum absolute atomic E-state index is 13.0. The Bertz CT molecular complexity index is 1100. The molecule has 166 valence electrons. The lowest BCUT2D eigenvalue weighted by Gasteiger charge is -2.23. The van der Waals surface area contributed by atoms with Crippen LogP contribution in [-0.4, -0.2) is 40.2 Å². The molecule has 0 radical (unpaired) electrons. The summed E-state index contributed by atoms with van der Waals surface area (Å²) in [5, 5.41) is 14.5. The standard InChI is InChI=1S/C22H22FN5O3S/c1-2-31-18-8-4-3-6-16(18)25-22(30)28-13-5-7-17(28)20-26-27-21(32-20)19(29)24-15-11-9-14(23)10-12-15/h3-4,6,8-12,17H,2,5,7,13H2,1H3,(H,24,29)(H,25,30)/t17-/m1/s1. The molecule has 1 atom stereocenters. The van der Waals surface area contributed by atoms with Gasteiger partial charge in [-0.05, 0) is 56.2 Å². The van der Waals surface area contributed by atoms with Crippen LogP contribution in [-0.2, 0) is 0 Å². The van der Waals surface area contributed by atoms with Gasteiger partial charge in [0.2, 0.25) is 5.01 Å². The SMILES string of the molecule is CCOc1ccccc1NC(=O)N1CCC[C@@H]1c1nnc(C(=O)Nc2ccc(F)cc2)s1. The first-order valence-corrected chi connectivity index (χ1v) is 11.1. The highest BCUT2D eigenvalue weighted by atomic mass is 32.1. The maximum Gasteiger partial charge on any atom is 0.322 e. The Kier molecular flexibility index (Phi) is 6.60. The van der Waals surface area contributed by atoms with Crippen molar-refractivity contribution in [1.82, 2.24) is 15.1 Å². The third-order valence-corrected chi connectivity index (χ3v) is 5.99. The summed E-state index contributed by atoms with van der Waals surface area (Å²) in [4.78, 5) is 27.1. The number of carbonyl (C=O) groups is 2. The molecule has 0 bridgehead atoms. The lowest BCUT2D eigenvalue weighted by molar-refractivity contribution is 0.102. The number of urea groups is 1. The van der Waals surface area contributed by atoms with Crippen molar-refractivity contribution in [3.8, 4) is 5.75 Å². The van der Waals surface area contributed by atoms with E-state index in [4.69, 9.17) is 4.74 Å². The number of anilines is 2. The van der Waals surface area contributed by atoms with E-state index in [0.29, 0.717) is 35.3 Å². The van der Waals surface area contributed by atoms with Crippen LogP contribution < -0.4 is 15.4 Å². The average molecular weight is 456 g/mol. The topological polar surface area (TPSA) is 96.4 Å². The number of hydrogen-bond donors (Lipinski definition) is 2. The first-order valence-electron chi connectivity index (χ1n) is 10.2. The van der Waals surface area contributed by atoms with Crippen molar-refractivity contribution >= 4 is 34.6 Å². The largest absolute Gasteiger partial charge is 0.492 e. The Labute approximate surface area is 188 Å². The van der Waals surface area contributed by atoms with Crippen molar-refractivity contribution in [1.29, 1.82) is 0 Å². The first-order chi connectivity index (χ1) is 15.5. The van der Waals surface area contributed by atoms with Crippen molar-refractivity contribution in [3.63, 3.8) is 0 Å². The summed E-state index contributed by atoms with van der Waals surface area (Å²) < 4.78 is 18.6. The van der Waals surface area contributed by atoms with Crippen LogP contribution in [0.4, 0.5) is 20.6 Å². The van der Waals surface area contributed by atoms with Gasteiger partial charge in [0.25, 0.3) is 5.91 Å². The van der Waals surface area contributed by atoms with Gasteiger partial charge in [-0.25, -0.2) is 9.18 Å². The van der Waals surface area contributed by atoms with E-state index in [1.165, 1.54) is 24.3 Å². The summed E-state index contributed by atoms with van der Waals surface area (Å²) in [6, 6.07) is 12.2. The molecule has 1 aliphatic heterocycles. The molecule has 1 fully saturated rings. The van der Waals surface area contributed by atoms with Gasteiger partial charge in [0.05, 0.1) is 18.3 Å². The molecule has 0 unspecified atom stereocenters. The van der Waals surface area contributed by atoms with Crippen molar-refractivity contribution in [2.45, 2.75) is 25.8 Å². The predicted octanol–water partition coefficient (Wildman–Crippen LogP) is 4.70. The summed E-state index contributed by atoms with van der Waals surface area (Å²) in [7, 11) is 0. The van der Waals surface area contributed by atoms with E-state index in [1.807, 2.05) is 19.1 Å². The zero-order valence-electron chi connectivity index (χ0n) is 17.4. The Hall–Kier alpha value is -3.53. The van der Waals surface area contributed by atoms with E-state index in [-0.39, 0.29) is 22.9 Å². The van der Waals surface area contributed by atoms with Gasteiger partial charge in [-0.1, -0.05) is 23.5 Å². The molecule has 0 aliphatic carbocycles. The molecular weight excluding hydrogens is 433 g/mol. The highest BCUT2D eigenvalue weighted by Gasteiger charge is 2.33. The van der Waals surface area contributed by atoms with Gasteiger partial charge in [-0.2, -0.15) is 0 Å². The minimum Gasteiger partial charge on any atom is -0.492 e. The minimum absolute atomic E-state index is 0.179. The molecule has 2 aromatic carbocycles. The van der Waals surface area contributed by atoms with Crippen molar-refractivity contribution in [2.24, 2.45) is 0 Å². The van der Waals surface area contributed by atoms with Crippen LogP contribution in [0.1, 0.15) is 40.6 Å². The highest BCUT2D eigenvalue weighted by molar-refractivity contribution is 7.13. The number of nitrogens with one attached hydrogen (secondary N) is 2. The van der Waals surface area contributed by atoms with Crippen LogP contribution in [0.5, 0.6) is 5.75 Å². The van der Waals surface area contributed by atoms with Crippen LogP contribution >= 0.6 is 11.3 Å². The Morgan fingerprint density at radius 1 is 1.16 bits per heavy atom. The van der Waals surface area contributed by atoms with Crippen LogP contribution in [0.15, 0.2) is 48.5 Å². The molecule has 4 rings (SSSR count). The van der Waals surface area contributed by atoms with Crippen LogP contribution in [0.25, 0.3) is 0 Å². The van der Waals surface area contributed by atoms with Gasteiger partial charge < -0.3 is 20.3 Å². The Morgan fingerprint density at radius 2 is 1.94 bits per heavy atom. The zero-order chi connectivity index (χ0) is 22.5. The molecule has 1 aromatic heterocycles. The van der Waals surface area contributed by atoms with Crippen LogP contribution in [0, 0.1) is 5.82 Å². The monoisotopic (exact) mass is 455 g/mol. The smallest absolute Gasteiger partial charge is 0.322 e. The molecule has 8 nitrogen and oxygen atoms in total. The number of ether oxygens (including phenoxy) is 1. The van der Waals surface area contributed by atoms with Crippen molar-refractivity contribution in [2.75, 3.05) is 23.8 Å². The highest BCUT2D eigenvalue weighted by Crippen LogP contribution is 2.35. The van der Waals surface area contributed by atoms with Gasteiger partial charge in [0.15, 0.2) is 0 Å². The molecule has 1 aliphatic rings. The lowest BCUT2D eigenvalue weighted by atomic mass is 10.2. The fraction of sp³-hybridized carbons (Fsp3) is 0.273. The van der Waals surface area contributed by atoms with E-state index < -0.39 is 5.91 Å². The summed E-state index contributed by atoms with van der Waals surface area (Å²) >= 11 is 1.14. The molecule has 10 heteroatoms. The third-order valence-electron chi connectivity index (χ3n) is 4.96. The number of amides is 3. The number of para-hydroxylation sites is 2. The van der Waals surface area contributed by atoms with E-state index >= 15 is 0 Å². The number of nitrogens with zero attached hydrogens (tertiary/aromatic N) is 3. The molecule has 0 spiro atoms. The average Bonchev–Trinajstić information content (AvgIpc) is 3.46. The second-order valence-corrected chi connectivity index (χ2v) is 8.13. The first kappa shape index (κ1) is 21.7. The molecule has 3 amide bonds. The summed E-state index contributed by atoms with van der Waals surface area (Å²) in [5.74, 6) is -0.209. The van der Waals surface area contributed by atoms with Gasteiger partial charge in [0.1, 0.15) is 16.6 Å². The number of halogens is 1. The van der Waals surface area contributed by atoms with Gasteiger partial charge in [-0.3, -0.25) is 4.79 Å². The van der Waals surface area contributed by atoms with Gasteiger partial charge >= 0.3 is 6.03 Å². The predicted molar refractivity (Wildman–Crippen MR) is 120 cm³/mol. The molecule has 2 N–H and O–H groups in total. The number of benzene rings is 2. The van der Waals surface area contributed by atoms with Crippen molar-refractivity contribution < 1.29 is 18.7 Å². The summed E-state index contributed by atoms with van der Waals surface area (Å²) in [6.07, 6.45) is 1.55. The number of hydrogen-bond acceptors (Lipinski definition) is 6.